The van der Waals surface area contributed by atoms with E-state index in [0.717, 1.165) is 19.5 Å². The number of nitrogens with two attached hydrogens (primary N) is 3. The van der Waals surface area contributed by atoms with Crippen LogP contribution in [0.15, 0.2) is 0 Å². The van der Waals surface area contributed by atoms with Gasteiger partial charge in [-0.05, 0) is 51.6 Å². The van der Waals surface area contributed by atoms with Crippen molar-refractivity contribution in [2.45, 2.75) is 85.1 Å². The Hall–Kier alpha value is -0.120. The highest BCUT2D eigenvalue weighted by molar-refractivity contribution is 4.78. The summed E-state index contributed by atoms with van der Waals surface area (Å²) in [5.41, 5.74) is 16.9. The van der Waals surface area contributed by atoms with Crippen LogP contribution in [0.5, 0.6) is 0 Å². The summed E-state index contributed by atoms with van der Waals surface area (Å²) in [7, 11) is 0. The average molecular weight is 274 g/mol. The molecule has 0 radical (unpaired) electrons. The maximum atomic E-state index is 5.82. The summed E-state index contributed by atoms with van der Waals surface area (Å²) < 4.78 is 0. The number of hydrogen-bond donors (Lipinski definition) is 3. The van der Waals surface area contributed by atoms with Gasteiger partial charge in [0.05, 0.1) is 0 Å². The molecule has 0 aromatic heterocycles. The van der Waals surface area contributed by atoms with E-state index in [9.17, 15) is 0 Å². The van der Waals surface area contributed by atoms with Crippen LogP contribution >= 0.6 is 0 Å². The van der Waals surface area contributed by atoms with E-state index in [1.807, 2.05) is 0 Å². The SMILES string of the molecule is CC(C)(C)CC(C)(C)N.NCCCCCCCCN. The first-order valence-corrected chi connectivity index (χ1v) is 7.81. The van der Waals surface area contributed by atoms with Crippen molar-refractivity contribution in [3.05, 3.63) is 0 Å². The zero-order valence-electron chi connectivity index (χ0n) is 14.1. The minimum Gasteiger partial charge on any atom is -0.330 e. The summed E-state index contributed by atoms with van der Waals surface area (Å²) in [5.74, 6) is 0. The standard InChI is InChI=1S/C8H20N2.C8H19N/c9-7-5-3-1-2-4-6-8-10;1-7(2,3)6-8(4,5)9/h1-10H2;6,9H2,1-5H3. The van der Waals surface area contributed by atoms with Crippen LogP contribution in [-0.2, 0) is 0 Å². The lowest BCUT2D eigenvalue weighted by atomic mass is 9.82. The lowest BCUT2D eigenvalue weighted by Crippen LogP contribution is -2.36. The molecule has 118 valence electrons. The van der Waals surface area contributed by atoms with Crippen molar-refractivity contribution in [3.63, 3.8) is 0 Å². The monoisotopic (exact) mass is 273 g/mol. The molecule has 0 heterocycles. The quantitative estimate of drug-likeness (QED) is 0.593. The van der Waals surface area contributed by atoms with E-state index in [0.29, 0.717) is 5.41 Å². The van der Waals surface area contributed by atoms with Crippen LogP contribution in [-0.4, -0.2) is 18.6 Å². The van der Waals surface area contributed by atoms with Crippen molar-refractivity contribution >= 4 is 0 Å². The maximum absolute atomic E-state index is 5.82. The summed E-state index contributed by atoms with van der Waals surface area (Å²) in [6.45, 7) is 12.5. The van der Waals surface area contributed by atoms with Crippen LogP contribution in [0.25, 0.3) is 0 Å². The fraction of sp³-hybridized carbons (Fsp3) is 1.00. The Morgan fingerprint density at radius 3 is 1.11 bits per heavy atom. The summed E-state index contributed by atoms with van der Waals surface area (Å²) in [6.07, 6.45) is 8.68. The van der Waals surface area contributed by atoms with Crippen molar-refractivity contribution in [2.75, 3.05) is 13.1 Å². The second-order valence-corrected chi connectivity index (χ2v) is 7.42. The van der Waals surface area contributed by atoms with E-state index >= 15 is 0 Å². The predicted molar refractivity (Wildman–Crippen MR) is 88.1 cm³/mol. The van der Waals surface area contributed by atoms with Crippen molar-refractivity contribution < 1.29 is 0 Å². The van der Waals surface area contributed by atoms with Crippen LogP contribution in [0.4, 0.5) is 0 Å². The second kappa shape index (κ2) is 11.7. The molecule has 0 amide bonds. The molecule has 3 nitrogen and oxygen atoms in total. The van der Waals surface area contributed by atoms with Gasteiger partial charge in [0.2, 0.25) is 0 Å². The van der Waals surface area contributed by atoms with Gasteiger partial charge in [0, 0.05) is 5.54 Å². The molecule has 0 aliphatic rings. The van der Waals surface area contributed by atoms with E-state index in [1.165, 1.54) is 38.5 Å². The first-order chi connectivity index (χ1) is 8.62. The third-order valence-corrected chi connectivity index (χ3v) is 2.64. The van der Waals surface area contributed by atoms with Crippen LogP contribution < -0.4 is 17.2 Å². The Morgan fingerprint density at radius 2 is 0.947 bits per heavy atom. The lowest BCUT2D eigenvalue weighted by Gasteiger charge is -2.28. The third-order valence-electron chi connectivity index (χ3n) is 2.64. The number of rotatable bonds is 8. The molecule has 0 saturated heterocycles. The fourth-order valence-corrected chi connectivity index (χ4v) is 2.36. The third kappa shape index (κ3) is 27.2. The van der Waals surface area contributed by atoms with Crippen LogP contribution in [0.3, 0.4) is 0 Å². The Labute approximate surface area is 121 Å². The highest BCUT2D eigenvalue weighted by atomic mass is 14.7. The normalized spacial score (nSPS) is 12.0. The van der Waals surface area contributed by atoms with Crippen LogP contribution in [0, 0.1) is 5.41 Å². The molecular weight excluding hydrogens is 234 g/mol. The molecule has 0 saturated carbocycles. The van der Waals surface area contributed by atoms with Gasteiger partial charge in [-0.1, -0.05) is 46.5 Å². The average Bonchev–Trinajstić information content (AvgIpc) is 2.19. The van der Waals surface area contributed by atoms with Gasteiger partial charge < -0.3 is 17.2 Å². The smallest absolute Gasteiger partial charge is 0.0102 e. The van der Waals surface area contributed by atoms with Crippen molar-refractivity contribution in [3.8, 4) is 0 Å². The Balaban J connectivity index is 0. The Kier molecular flexibility index (Phi) is 13.0. The summed E-state index contributed by atoms with van der Waals surface area (Å²) >= 11 is 0. The van der Waals surface area contributed by atoms with Crippen molar-refractivity contribution in [1.29, 1.82) is 0 Å². The van der Waals surface area contributed by atoms with Gasteiger partial charge in [-0.2, -0.15) is 0 Å². The first-order valence-electron chi connectivity index (χ1n) is 7.81. The lowest BCUT2D eigenvalue weighted by molar-refractivity contribution is 0.286. The molecule has 19 heavy (non-hydrogen) atoms. The molecule has 0 aliphatic carbocycles. The second-order valence-electron chi connectivity index (χ2n) is 7.42. The zero-order valence-corrected chi connectivity index (χ0v) is 14.1. The van der Waals surface area contributed by atoms with Crippen LogP contribution in [0.2, 0.25) is 0 Å². The van der Waals surface area contributed by atoms with Gasteiger partial charge in [0.15, 0.2) is 0 Å². The summed E-state index contributed by atoms with van der Waals surface area (Å²) in [6, 6.07) is 0. The minimum absolute atomic E-state index is 0.0156. The first kappa shape index (κ1) is 21.2. The van der Waals surface area contributed by atoms with Gasteiger partial charge in [-0.25, -0.2) is 0 Å². The maximum Gasteiger partial charge on any atom is 0.0102 e. The molecule has 0 atom stereocenters. The highest BCUT2D eigenvalue weighted by Gasteiger charge is 2.20. The molecule has 0 aliphatic heterocycles. The molecule has 0 fully saturated rings. The highest BCUT2D eigenvalue weighted by Crippen LogP contribution is 2.24. The molecule has 0 unspecified atom stereocenters. The van der Waals surface area contributed by atoms with Gasteiger partial charge in [0.25, 0.3) is 0 Å². The molecule has 3 heteroatoms. The summed E-state index contributed by atoms with van der Waals surface area (Å²) in [4.78, 5) is 0. The van der Waals surface area contributed by atoms with Gasteiger partial charge in [-0.3, -0.25) is 0 Å². The number of unbranched alkanes of at least 4 members (excludes halogenated alkanes) is 5. The van der Waals surface area contributed by atoms with E-state index in [-0.39, 0.29) is 5.54 Å². The molecule has 0 rings (SSSR count). The molecule has 0 bridgehead atoms. The molecular formula is C16H39N3. The Morgan fingerprint density at radius 1 is 0.632 bits per heavy atom. The largest absolute Gasteiger partial charge is 0.330 e. The minimum atomic E-state index is -0.0156. The van der Waals surface area contributed by atoms with Gasteiger partial charge in [-0.15, -0.1) is 0 Å². The molecule has 0 aromatic carbocycles. The molecule has 0 spiro atoms. The van der Waals surface area contributed by atoms with E-state index in [1.54, 1.807) is 0 Å². The van der Waals surface area contributed by atoms with Crippen molar-refractivity contribution in [2.24, 2.45) is 22.6 Å². The predicted octanol–water partition coefficient (Wildman–Crippen LogP) is 3.40. The molecule has 0 aromatic rings. The topological polar surface area (TPSA) is 78.1 Å². The van der Waals surface area contributed by atoms with E-state index in [4.69, 9.17) is 17.2 Å². The zero-order chi connectivity index (χ0) is 15.4. The summed E-state index contributed by atoms with van der Waals surface area (Å²) in [5, 5.41) is 0. The van der Waals surface area contributed by atoms with Crippen LogP contribution in [0.1, 0.15) is 79.6 Å². The van der Waals surface area contributed by atoms with Gasteiger partial charge in [0.1, 0.15) is 0 Å². The van der Waals surface area contributed by atoms with Crippen molar-refractivity contribution in [1.82, 2.24) is 0 Å². The van der Waals surface area contributed by atoms with E-state index in [2.05, 4.69) is 34.6 Å². The van der Waals surface area contributed by atoms with Gasteiger partial charge >= 0.3 is 0 Å². The van der Waals surface area contributed by atoms with E-state index < -0.39 is 0 Å². The molecule has 6 N–H and O–H groups in total. The fourth-order valence-electron chi connectivity index (χ4n) is 2.36. The Bertz CT molecular complexity index is 157. The number of hydrogen-bond acceptors (Lipinski definition) is 3.